The Morgan fingerprint density at radius 3 is 2.55 bits per heavy atom. The standard InChI is InChI=1S/C14H14N2O4/c1-3-19-13(17)10-8-9-6-5-7-15-12(9)16-11(10)14(18)20-4-2/h5-8H,3-4H2,1-2H3. The Morgan fingerprint density at radius 2 is 1.85 bits per heavy atom. The summed E-state index contributed by atoms with van der Waals surface area (Å²) in [4.78, 5) is 32.0. The summed E-state index contributed by atoms with van der Waals surface area (Å²) in [5.74, 6) is -1.27. The van der Waals surface area contributed by atoms with Crippen molar-refractivity contribution < 1.29 is 19.1 Å². The zero-order valence-electron chi connectivity index (χ0n) is 11.3. The first-order valence-corrected chi connectivity index (χ1v) is 6.27. The summed E-state index contributed by atoms with van der Waals surface area (Å²) < 4.78 is 9.85. The molecule has 104 valence electrons. The molecule has 0 saturated carbocycles. The molecule has 0 saturated heterocycles. The molecule has 20 heavy (non-hydrogen) atoms. The minimum Gasteiger partial charge on any atom is -0.462 e. The van der Waals surface area contributed by atoms with Gasteiger partial charge < -0.3 is 9.47 Å². The maximum absolute atomic E-state index is 11.9. The quantitative estimate of drug-likeness (QED) is 0.793. The van der Waals surface area contributed by atoms with Crippen molar-refractivity contribution in [2.24, 2.45) is 0 Å². The van der Waals surface area contributed by atoms with Gasteiger partial charge in [0.25, 0.3) is 0 Å². The normalized spacial score (nSPS) is 10.3. The Morgan fingerprint density at radius 1 is 1.15 bits per heavy atom. The Labute approximate surface area is 115 Å². The molecule has 0 spiro atoms. The van der Waals surface area contributed by atoms with Gasteiger partial charge in [0.05, 0.1) is 18.8 Å². The van der Waals surface area contributed by atoms with Crippen LogP contribution < -0.4 is 0 Å². The number of nitrogens with zero attached hydrogens (tertiary/aromatic N) is 2. The van der Waals surface area contributed by atoms with Crippen LogP contribution in [0.25, 0.3) is 11.0 Å². The summed E-state index contributed by atoms with van der Waals surface area (Å²) in [6.07, 6.45) is 1.56. The molecule has 0 atom stereocenters. The first-order valence-electron chi connectivity index (χ1n) is 6.27. The van der Waals surface area contributed by atoms with Gasteiger partial charge in [-0.05, 0) is 32.0 Å². The van der Waals surface area contributed by atoms with Crippen LogP contribution in [0.5, 0.6) is 0 Å². The predicted octanol–water partition coefficient (Wildman–Crippen LogP) is 1.98. The third-order valence-corrected chi connectivity index (χ3v) is 2.55. The van der Waals surface area contributed by atoms with Crippen molar-refractivity contribution in [2.45, 2.75) is 13.8 Å². The maximum Gasteiger partial charge on any atom is 0.357 e. The summed E-state index contributed by atoms with van der Waals surface area (Å²) in [5, 5.41) is 0.656. The highest BCUT2D eigenvalue weighted by atomic mass is 16.5. The number of fused-ring (bicyclic) bond motifs is 1. The molecule has 2 aromatic heterocycles. The Bertz CT molecular complexity index is 598. The number of esters is 2. The molecule has 0 aromatic carbocycles. The van der Waals surface area contributed by atoms with E-state index in [0.29, 0.717) is 11.0 Å². The van der Waals surface area contributed by atoms with Gasteiger partial charge in [0.1, 0.15) is 0 Å². The summed E-state index contributed by atoms with van der Waals surface area (Å²) in [6, 6.07) is 5.02. The van der Waals surface area contributed by atoms with E-state index in [1.807, 2.05) is 0 Å². The van der Waals surface area contributed by atoms with Crippen LogP contribution in [0.1, 0.15) is 34.7 Å². The number of ether oxygens (including phenoxy) is 2. The lowest BCUT2D eigenvalue weighted by atomic mass is 10.1. The molecule has 0 amide bonds. The molecule has 0 radical (unpaired) electrons. The van der Waals surface area contributed by atoms with Gasteiger partial charge in [0.15, 0.2) is 11.3 Å². The van der Waals surface area contributed by atoms with E-state index in [9.17, 15) is 9.59 Å². The summed E-state index contributed by atoms with van der Waals surface area (Å²) in [6.45, 7) is 3.79. The van der Waals surface area contributed by atoms with Crippen molar-refractivity contribution in [3.63, 3.8) is 0 Å². The lowest BCUT2D eigenvalue weighted by molar-refractivity contribution is 0.0474. The van der Waals surface area contributed by atoms with Crippen LogP contribution in [-0.4, -0.2) is 35.1 Å². The van der Waals surface area contributed by atoms with E-state index < -0.39 is 11.9 Å². The third kappa shape index (κ3) is 2.74. The first-order chi connectivity index (χ1) is 9.67. The highest BCUT2D eigenvalue weighted by Gasteiger charge is 2.22. The molecule has 0 unspecified atom stereocenters. The maximum atomic E-state index is 11.9. The number of hydrogen-bond donors (Lipinski definition) is 0. The highest BCUT2D eigenvalue weighted by Crippen LogP contribution is 2.17. The fourth-order valence-electron chi connectivity index (χ4n) is 1.72. The van der Waals surface area contributed by atoms with Crippen molar-refractivity contribution in [3.05, 3.63) is 35.7 Å². The van der Waals surface area contributed by atoms with E-state index in [4.69, 9.17) is 9.47 Å². The van der Waals surface area contributed by atoms with Crippen LogP contribution in [0, 0.1) is 0 Å². The molecule has 0 aliphatic heterocycles. The topological polar surface area (TPSA) is 78.4 Å². The third-order valence-electron chi connectivity index (χ3n) is 2.55. The number of carbonyl (C=O) groups is 2. The molecular weight excluding hydrogens is 260 g/mol. The van der Waals surface area contributed by atoms with Crippen LogP contribution in [0.4, 0.5) is 0 Å². The Hall–Kier alpha value is -2.50. The average molecular weight is 274 g/mol. The highest BCUT2D eigenvalue weighted by molar-refractivity contribution is 6.04. The molecule has 6 nitrogen and oxygen atoms in total. The number of carbonyl (C=O) groups excluding carboxylic acids is 2. The van der Waals surface area contributed by atoms with Gasteiger partial charge in [-0.3, -0.25) is 0 Å². The number of aromatic nitrogens is 2. The second kappa shape index (κ2) is 6.10. The Kier molecular flexibility index (Phi) is 4.24. The monoisotopic (exact) mass is 274 g/mol. The largest absolute Gasteiger partial charge is 0.462 e. The van der Waals surface area contributed by atoms with Gasteiger partial charge >= 0.3 is 11.9 Å². The first kappa shape index (κ1) is 13.9. The second-order valence-electron chi connectivity index (χ2n) is 3.88. The fraction of sp³-hybridized carbons (Fsp3) is 0.286. The molecule has 0 N–H and O–H groups in total. The number of pyridine rings is 2. The summed E-state index contributed by atoms with van der Waals surface area (Å²) in [7, 11) is 0. The van der Waals surface area contributed by atoms with E-state index in [1.165, 1.54) is 0 Å². The zero-order chi connectivity index (χ0) is 14.5. The van der Waals surface area contributed by atoms with Crippen LogP contribution in [0.3, 0.4) is 0 Å². The number of rotatable bonds is 4. The molecule has 0 aliphatic rings. The zero-order valence-corrected chi connectivity index (χ0v) is 11.3. The van der Waals surface area contributed by atoms with Crippen molar-refractivity contribution in [1.82, 2.24) is 9.97 Å². The summed E-state index contributed by atoms with van der Waals surface area (Å²) in [5.41, 5.74) is 0.394. The van der Waals surface area contributed by atoms with E-state index in [2.05, 4.69) is 9.97 Å². The molecule has 0 bridgehead atoms. The van der Waals surface area contributed by atoms with Gasteiger partial charge in [-0.15, -0.1) is 0 Å². The van der Waals surface area contributed by atoms with Crippen LogP contribution >= 0.6 is 0 Å². The second-order valence-corrected chi connectivity index (χ2v) is 3.88. The minimum absolute atomic E-state index is 0.0727. The fourth-order valence-corrected chi connectivity index (χ4v) is 1.72. The van der Waals surface area contributed by atoms with E-state index >= 15 is 0 Å². The molecule has 2 heterocycles. The smallest absolute Gasteiger partial charge is 0.357 e. The van der Waals surface area contributed by atoms with Crippen molar-refractivity contribution in [1.29, 1.82) is 0 Å². The van der Waals surface area contributed by atoms with E-state index in [-0.39, 0.29) is 24.5 Å². The number of hydrogen-bond acceptors (Lipinski definition) is 6. The molecule has 6 heteroatoms. The lowest BCUT2D eigenvalue weighted by Crippen LogP contribution is -2.16. The molecule has 2 rings (SSSR count). The van der Waals surface area contributed by atoms with Gasteiger partial charge in [-0.2, -0.15) is 0 Å². The van der Waals surface area contributed by atoms with Gasteiger partial charge in [-0.25, -0.2) is 19.6 Å². The van der Waals surface area contributed by atoms with Crippen LogP contribution in [0.2, 0.25) is 0 Å². The predicted molar refractivity (Wildman–Crippen MR) is 71.5 cm³/mol. The van der Waals surface area contributed by atoms with E-state index in [0.717, 1.165) is 0 Å². The van der Waals surface area contributed by atoms with Crippen molar-refractivity contribution >= 4 is 23.0 Å². The molecular formula is C14H14N2O4. The van der Waals surface area contributed by atoms with Crippen LogP contribution in [-0.2, 0) is 9.47 Å². The molecule has 0 aliphatic carbocycles. The van der Waals surface area contributed by atoms with Gasteiger partial charge in [-0.1, -0.05) is 0 Å². The van der Waals surface area contributed by atoms with Crippen LogP contribution in [0.15, 0.2) is 24.4 Å². The molecule has 2 aromatic rings. The lowest BCUT2D eigenvalue weighted by Gasteiger charge is -2.08. The molecule has 0 fully saturated rings. The minimum atomic E-state index is -0.664. The van der Waals surface area contributed by atoms with Crippen molar-refractivity contribution in [3.8, 4) is 0 Å². The Balaban J connectivity index is 2.58. The summed E-state index contributed by atoms with van der Waals surface area (Å²) >= 11 is 0. The SMILES string of the molecule is CCOC(=O)c1cc2cccnc2nc1C(=O)OCC. The van der Waals surface area contributed by atoms with Gasteiger partial charge in [0, 0.05) is 11.6 Å². The average Bonchev–Trinajstić information content (AvgIpc) is 2.46. The van der Waals surface area contributed by atoms with E-state index in [1.54, 1.807) is 38.2 Å². The van der Waals surface area contributed by atoms with Gasteiger partial charge in [0.2, 0.25) is 0 Å². The van der Waals surface area contributed by atoms with Crippen molar-refractivity contribution in [2.75, 3.05) is 13.2 Å².